The van der Waals surface area contributed by atoms with Gasteiger partial charge in [0.15, 0.2) is 0 Å². The van der Waals surface area contributed by atoms with E-state index in [-0.39, 0.29) is 23.0 Å². The molecule has 0 heterocycles. The van der Waals surface area contributed by atoms with Gasteiger partial charge in [-0.1, -0.05) is 79.0 Å². The number of halogens is 2. The largest absolute Gasteiger partial charge is 0.354 e. The van der Waals surface area contributed by atoms with Gasteiger partial charge in [-0.3, -0.25) is 13.9 Å². The number of nitrogens with one attached hydrogen (secondary N) is 1. The summed E-state index contributed by atoms with van der Waals surface area (Å²) in [6.45, 7) is 5.34. The van der Waals surface area contributed by atoms with Crippen LogP contribution in [0.3, 0.4) is 0 Å². The molecule has 10 heteroatoms. The maximum Gasteiger partial charge on any atom is 0.264 e. The first-order valence-corrected chi connectivity index (χ1v) is 14.9. The fraction of sp³-hybridized carbons (Fsp3) is 0.310. The van der Waals surface area contributed by atoms with E-state index in [2.05, 4.69) is 5.32 Å². The van der Waals surface area contributed by atoms with Gasteiger partial charge in [-0.2, -0.15) is 0 Å². The summed E-state index contributed by atoms with van der Waals surface area (Å²) in [5.41, 5.74) is 1.53. The molecule has 0 aliphatic rings. The molecule has 1 N–H and O–H groups in total. The zero-order chi connectivity index (χ0) is 28.6. The first-order valence-electron chi connectivity index (χ1n) is 12.7. The van der Waals surface area contributed by atoms with Gasteiger partial charge in [0.25, 0.3) is 10.0 Å². The summed E-state index contributed by atoms with van der Waals surface area (Å²) in [5.74, 6) is -0.896. The second-order valence-corrected chi connectivity index (χ2v) is 11.9. The second kappa shape index (κ2) is 13.8. The molecule has 3 aromatic carbocycles. The Hall–Kier alpha value is -3.07. The summed E-state index contributed by atoms with van der Waals surface area (Å²) in [5, 5.41) is 3.63. The average molecular weight is 591 g/mol. The van der Waals surface area contributed by atoms with Crippen LogP contribution in [0.4, 0.5) is 5.69 Å². The quantitative estimate of drug-likeness (QED) is 0.269. The number of hydrogen-bond acceptors (Lipinski definition) is 4. The highest BCUT2D eigenvalue weighted by Crippen LogP contribution is 2.30. The van der Waals surface area contributed by atoms with Crippen molar-refractivity contribution in [3.8, 4) is 0 Å². The third-order valence-electron chi connectivity index (χ3n) is 6.35. The van der Waals surface area contributed by atoms with Gasteiger partial charge in [-0.05, 0) is 61.7 Å². The number of aryl methyl sites for hydroxylation is 1. The molecule has 0 spiro atoms. The van der Waals surface area contributed by atoms with Crippen molar-refractivity contribution in [2.24, 2.45) is 0 Å². The first kappa shape index (κ1) is 30.5. The lowest BCUT2D eigenvalue weighted by Gasteiger charge is -2.32. The summed E-state index contributed by atoms with van der Waals surface area (Å²) in [6.07, 6.45) is 1.70. The van der Waals surface area contributed by atoms with Crippen LogP contribution in [0.5, 0.6) is 0 Å². The Labute approximate surface area is 240 Å². The Bertz CT molecular complexity index is 1400. The molecule has 0 unspecified atom stereocenters. The maximum absolute atomic E-state index is 14.0. The molecule has 0 saturated heterocycles. The minimum Gasteiger partial charge on any atom is -0.354 e. The zero-order valence-corrected chi connectivity index (χ0v) is 24.6. The van der Waals surface area contributed by atoms with Crippen molar-refractivity contribution in [2.75, 3.05) is 17.4 Å². The van der Waals surface area contributed by atoms with Gasteiger partial charge in [-0.15, -0.1) is 0 Å². The van der Waals surface area contributed by atoms with Crippen LogP contribution in [0.2, 0.25) is 10.0 Å². The lowest BCUT2D eigenvalue weighted by atomic mass is 10.1. The van der Waals surface area contributed by atoms with E-state index in [0.717, 1.165) is 17.1 Å². The minimum atomic E-state index is -4.17. The fourth-order valence-corrected chi connectivity index (χ4v) is 5.87. The van der Waals surface area contributed by atoms with Crippen LogP contribution in [-0.2, 0) is 26.2 Å². The van der Waals surface area contributed by atoms with Crippen LogP contribution in [0.15, 0.2) is 77.7 Å². The molecule has 0 fully saturated rings. The Morgan fingerprint density at radius 2 is 1.64 bits per heavy atom. The van der Waals surface area contributed by atoms with Crippen LogP contribution in [0.1, 0.15) is 37.8 Å². The molecule has 0 aliphatic carbocycles. The molecule has 3 aromatic rings. The first-order chi connectivity index (χ1) is 18.6. The molecule has 0 aromatic heterocycles. The molecule has 0 radical (unpaired) electrons. The summed E-state index contributed by atoms with van der Waals surface area (Å²) in [7, 11) is -4.17. The van der Waals surface area contributed by atoms with Crippen molar-refractivity contribution in [3.63, 3.8) is 0 Å². The van der Waals surface area contributed by atoms with Crippen molar-refractivity contribution >= 4 is 50.7 Å². The van der Waals surface area contributed by atoms with Crippen molar-refractivity contribution in [3.05, 3.63) is 94.0 Å². The average Bonchev–Trinajstić information content (AvgIpc) is 2.92. The Balaban J connectivity index is 2.04. The van der Waals surface area contributed by atoms with E-state index in [1.54, 1.807) is 68.4 Å². The molecule has 3 rings (SSSR count). The van der Waals surface area contributed by atoms with Gasteiger partial charge in [0.1, 0.15) is 12.6 Å². The highest BCUT2D eigenvalue weighted by molar-refractivity contribution is 7.92. The van der Waals surface area contributed by atoms with Crippen molar-refractivity contribution in [2.45, 2.75) is 51.1 Å². The Kier molecular flexibility index (Phi) is 10.8. The number of hydrogen-bond donors (Lipinski definition) is 1. The molecular formula is C29H33Cl2N3O4S. The molecule has 0 aliphatic heterocycles. The number of nitrogens with zero attached hydrogens (tertiary/aromatic N) is 2. The summed E-state index contributed by atoms with van der Waals surface area (Å²) in [6, 6.07) is 18.9. The number of sulfonamides is 1. The van der Waals surface area contributed by atoms with Gasteiger partial charge in [0.05, 0.1) is 10.6 Å². The lowest BCUT2D eigenvalue weighted by Crippen LogP contribution is -2.51. The molecule has 39 heavy (non-hydrogen) atoms. The van der Waals surface area contributed by atoms with Gasteiger partial charge >= 0.3 is 0 Å². The van der Waals surface area contributed by atoms with Gasteiger partial charge in [0.2, 0.25) is 11.8 Å². The predicted molar refractivity (Wildman–Crippen MR) is 157 cm³/mol. The van der Waals surface area contributed by atoms with E-state index in [0.29, 0.717) is 27.7 Å². The smallest absolute Gasteiger partial charge is 0.264 e. The van der Waals surface area contributed by atoms with Crippen LogP contribution in [-0.4, -0.2) is 44.3 Å². The van der Waals surface area contributed by atoms with Crippen molar-refractivity contribution in [1.82, 2.24) is 10.2 Å². The maximum atomic E-state index is 14.0. The lowest BCUT2D eigenvalue weighted by molar-refractivity contribution is -0.139. The zero-order valence-electron chi connectivity index (χ0n) is 22.2. The summed E-state index contributed by atoms with van der Waals surface area (Å²) < 4.78 is 28.8. The van der Waals surface area contributed by atoms with Crippen LogP contribution in [0.25, 0.3) is 0 Å². The van der Waals surface area contributed by atoms with E-state index in [1.165, 1.54) is 23.1 Å². The highest BCUT2D eigenvalue weighted by Gasteiger charge is 2.33. The summed E-state index contributed by atoms with van der Waals surface area (Å²) in [4.78, 5) is 28.4. The van der Waals surface area contributed by atoms with Gasteiger partial charge in [-0.25, -0.2) is 8.42 Å². The van der Waals surface area contributed by atoms with Crippen LogP contribution >= 0.6 is 23.2 Å². The number of anilines is 1. The van der Waals surface area contributed by atoms with E-state index >= 15 is 0 Å². The molecule has 0 saturated carbocycles. The number of carbonyl (C=O) groups is 2. The van der Waals surface area contributed by atoms with E-state index in [4.69, 9.17) is 23.2 Å². The predicted octanol–water partition coefficient (Wildman–Crippen LogP) is 5.83. The van der Waals surface area contributed by atoms with E-state index in [9.17, 15) is 18.0 Å². The number of benzene rings is 3. The normalized spacial score (nSPS) is 12.0. The van der Waals surface area contributed by atoms with E-state index < -0.39 is 28.5 Å². The minimum absolute atomic E-state index is 0.0224. The Morgan fingerprint density at radius 1 is 0.974 bits per heavy atom. The third kappa shape index (κ3) is 7.75. The fourth-order valence-electron chi connectivity index (χ4n) is 4.01. The Morgan fingerprint density at radius 3 is 2.31 bits per heavy atom. The van der Waals surface area contributed by atoms with Gasteiger partial charge in [0, 0.05) is 23.1 Å². The third-order valence-corrected chi connectivity index (χ3v) is 8.72. The number of amides is 2. The SMILES string of the molecule is CCCCNC(=O)[C@H](C)N(Cc1ccccc1Cl)C(=O)CN(c1cc(Cl)ccc1C)S(=O)(=O)c1ccccc1. The standard InChI is InChI=1S/C29H33Cl2N3O4S/c1-4-5-17-32-29(36)22(3)33(19-23-11-9-10-14-26(23)31)28(35)20-34(27-18-24(30)16-15-21(27)2)39(37,38)25-12-7-6-8-13-25/h6-16,18,22H,4-5,17,19-20H2,1-3H3,(H,32,36)/t22-/m0/s1. The monoisotopic (exact) mass is 589 g/mol. The van der Waals surface area contributed by atoms with Gasteiger partial charge < -0.3 is 10.2 Å². The van der Waals surface area contributed by atoms with Crippen molar-refractivity contribution in [1.29, 1.82) is 0 Å². The molecule has 0 bridgehead atoms. The molecule has 2 amide bonds. The van der Waals surface area contributed by atoms with Crippen LogP contribution in [0, 0.1) is 6.92 Å². The number of rotatable bonds is 12. The second-order valence-electron chi connectivity index (χ2n) is 9.19. The topological polar surface area (TPSA) is 86.8 Å². The van der Waals surface area contributed by atoms with Crippen LogP contribution < -0.4 is 9.62 Å². The molecular weight excluding hydrogens is 557 g/mol. The van der Waals surface area contributed by atoms with Crippen molar-refractivity contribution < 1.29 is 18.0 Å². The highest BCUT2D eigenvalue weighted by atomic mass is 35.5. The number of carbonyl (C=O) groups excluding carboxylic acids is 2. The summed E-state index contributed by atoms with van der Waals surface area (Å²) >= 11 is 12.6. The number of unbranched alkanes of at least 4 members (excludes halogenated alkanes) is 1. The molecule has 208 valence electrons. The molecule has 7 nitrogen and oxygen atoms in total. The molecule has 1 atom stereocenters. The van der Waals surface area contributed by atoms with E-state index in [1.807, 2.05) is 6.92 Å².